The number of hydrogen-bond donors (Lipinski definition) is 1. The van der Waals surface area contributed by atoms with E-state index in [1.807, 2.05) is 31.2 Å². The molecule has 0 aromatic heterocycles. The fourth-order valence-corrected chi connectivity index (χ4v) is 2.72. The molecule has 0 saturated carbocycles. The predicted octanol–water partition coefficient (Wildman–Crippen LogP) is 5.10. The van der Waals surface area contributed by atoms with Crippen LogP contribution in [0.4, 0.5) is 0 Å². The number of hydrogen-bond acceptors (Lipinski definition) is 1. The van der Waals surface area contributed by atoms with Gasteiger partial charge >= 0.3 is 0 Å². The first-order valence-electron chi connectivity index (χ1n) is 6.32. The molecule has 1 unspecified atom stereocenters. The van der Waals surface area contributed by atoms with E-state index in [9.17, 15) is 5.11 Å². The Labute approximate surface area is 134 Å². The van der Waals surface area contributed by atoms with E-state index in [0.717, 1.165) is 16.7 Å². The molecule has 0 radical (unpaired) electrons. The van der Waals surface area contributed by atoms with Crippen LogP contribution >= 0.6 is 34.8 Å². The van der Waals surface area contributed by atoms with Crippen molar-refractivity contribution in [2.24, 2.45) is 0 Å². The monoisotopic (exact) mass is 328 g/mol. The largest absolute Gasteiger partial charge is 0.392 e. The predicted molar refractivity (Wildman–Crippen MR) is 86.1 cm³/mol. The second kappa shape index (κ2) is 6.82. The molecule has 2 aromatic carbocycles. The molecule has 4 heteroatoms. The number of benzene rings is 2. The van der Waals surface area contributed by atoms with Gasteiger partial charge in [-0.25, -0.2) is 0 Å². The first-order valence-corrected chi connectivity index (χ1v) is 7.46. The fourth-order valence-electron chi connectivity index (χ4n) is 2.08. The molecule has 0 aliphatic heterocycles. The molecule has 0 amide bonds. The van der Waals surface area contributed by atoms with Crippen molar-refractivity contribution in [2.75, 3.05) is 0 Å². The maximum Gasteiger partial charge on any atom is 0.0621 e. The second-order valence-corrected chi connectivity index (χ2v) is 6.13. The molecule has 2 rings (SSSR count). The summed E-state index contributed by atoms with van der Waals surface area (Å²) in [6.07, 6.45) is 0.521. The summed E-state index contributed by atoms with van der Waals surface area (Å²) in [5.41, 5.74) is 3.01. The van der Waals surface area contributed by atoms with Gasteiger partial charge in [0.1, 0.15) is 0 Å². The summed E-state index contributed by atoms with van der Waals surface area (Å²) in [6, 6.07) is 11.2. The minimum atomic E-state index is -0.507. The van der Waals surface area contributed by atoms with Gasteiger partial charge in [-0.1, -0.05) is 53.0 Å². The minimum absolute atomic E-state index is 0.504. The van der Waals surface area contributed by atoms with Crippen LogP contribution in [0, 0.1) is 6.92 Å². The molecule has 1 atom stereocenters. The summed E-state index contributed by atoms with van der Waals surface area (Å²) < 4.78 is 0. The van der Waals surface area contributed by atoms with E-state index in [1.165, 1.54) is 0 Å². The number of rotatable bonds is 4. The Morgan fingerprint density at radius 3 is 2.30 bits per heavy atom. The molecule has 0 aliphatic rings. The second-order valence-electron chi connectivity index (χ2n) is 4.91. The normalized spacial score (nSPS) is 12.4. The maximum absolute atomic E-state index is 10.2. The molecule has 0 bridgehead atoms. The van der Waals surface area contributed by atoms with Gasteiger partial charge < -0.3 is 5.11 Å². The quantitative estimate of drug-likeness (QED) is 0.827. The van der Waals surface area contributed by atoms with Gasteiger partial charge in [0, 0.05) is 11.4 Å². The standard InChI is InChI=1S/C16H15Cl3O/c1-10-2-4-12(15(18)6-10)9-13(20)7-11-3-5-14(17)16(19)8-11/h2-6,8,13,20H,7,9H2,1H3. The maximum atomic E-state index is 10.2. The summed E-state index contributed by atoms with van der Waals surface area (Å²) in [6.45, 7) is 1.99. The first-order chi connectivity index (χ1) is 9.45. The van der Waals surface area contributed by atoms with Crippen LogP contribution in [0.5, 0.6) is 0 Å². The lowest BCUT2D eigenvalue weighted by molar-refractivity contribution is 0.175. The third-order valence-corrected chi connectivity index (χ3v) is 4.21. The van der Waals surface area contributed by atoms with Crippen molar-refractivity contribution in [1.82, 2.24) is 0 Å². The summed E-state index contributed by atoms with van der Waals surface area (Å²) in [7, 11) is 0. The van der Waals surface area contributed by atoms with Crippen LogP contribution < -0.4 is 0 Å². The van der Waals surface area contributed by atoms with Crippen molar-refractivity contribution < 1.29 is 5.11 Å². The lowest BCUT2D eigenvalue weighted by atomic mass is 10.0. The van der Waals surface area contributed by atoms with Gasteiger partial charge in [0.15, 0.2) is 0 Å². The third kappa shape index (κ3) is 4.13. The molecule has 0 heterocycles. The molecule has 0 fully saturated rings. The van der Waals surface area contributed by atoms with E-state index < -0.39 is 6.10 Å². The van der Waals surface area contributed by atoms with E-state index in [0.29, 0.717) is 27.9 Å². The van der Waals surface area contributed by atoms with Crippen LogP contribution in [0.1, 0.15) is 16.7 Å². The zero-order valence-electron chi connectivity index (χ0n) is 11.0. The van der Waals surface area contributed by atoms with Crippen molar-refractivity contribution in [3.8, 4) is 0 Å². The van der Waals surface area contributed by atoms with Crippen molar-refractivity contribution in [2.45, 2.75) is 25.9 Å². The topological polar surface area (TPSA) is 20.2 Å². The highest BCUT2D eigenvalue weighted by Crippen LogP contribution is 2.24. The van der Waals surface area contributed by atoms with E-state index in [1.54, 1.807) is 12.1 Å². The number of aryl methyl sites for hydroxylation is 1. The van der Waals surface area contributed by atoms with Crippen molar-refractivity contribution >= 4 is 34.8 Å². The Morgan fingerprint density at radius 1 is 0.900 bits per heavy atom. The van der Waals surface area contributed by atoms with Crippen molar-refractivity contribution in [3.05, 3.63) is 68.2 Å². The molecular formula is C16H15Cl3O. The Morgan fingerprint density at radius 2 is 1.65 bits per heavy atom. The zero-order chi connectivity index (χ0) is 14.7. The molecule has 0 spiro atoms. The third-order valence-electron chi connectivity index (χ3n) is 3.12. The summed E-state index contributed by atoms with van der Waals surface area (Å²) >= 11 is 18.0. The van der Waals surface area contributed by atoms with Crippen LogP contribution in [-0.2, 0) is 12.8 Å². The fraction of sp³-hybridized carbons (Fsp3) is 0.250. The Balaban J connectivity index is 2.04. The lowest BCUT2D eigenvalue weighted by Gasteiger charge is -2.13. The molecule has 1 nitrogen and oxygen atoms in total. The van der Waals surface area contributed by atoms with Gasteiger partial charge in [-0.15, -0.1) is 0 Å². The number of halogens is 3. The average Bonchev–Trinajstić information content (AvgIpc) is 2.37. The van der Waals surface area contributed by atoms with E-state index in [-0.39, 0.29) is 0 Å². The molecule has 2 aromatic rings. The summed E-state index contributed by atoms with van der Waals surface area (Å²) in [4.78, 5) is 0. The first kappa shape index (κ1) is 15.7. The highest BCUT2D eigenvalue weighted by Gasteiger charge is 2.10. The van der Waals surface area contributed by atoms with E-state index in [2.05, 4.69) is 0 Å². The van der Waals surface area contributed by atoms with Crippen molar-refractivity contribution in [1.29, 1.82) is 0 Å². The molecular weight excluding hydrogens is 315 g/mol. The minimum Gasteiger partial charge on any atom is -0.392 e. The lowest BCUT2D eigenvalue weighted by Crippen LogP contribution is -2.14. The SMILES string of the molecule is Cc1ccc(CC(O)Cc2ccc(Cl)c(Cl)c2)c(Cl)c1. The highest BCUT2D eigenvalue weighted by molar-refractivity contribution is 6.42. The van der Waals surface area contributed by atoms with Gasteiger partial charge in [-0.3, -0.25) is 0 Å². The van der Waals surface area contributed by atoms with Crippen LogP contribution in [0.3, 0.4) is 0 Å². The molecule has 106 valence electrons. The molecule has 1 N–H and O–H groups in total. The zero-order valence-corrected chi connectivity index (χ0v) is 13.3. The van der Waals surface area contributed by atoms with Gasteiger partial charge in [0.05, 0.1) is 16.1 Å². The van der Waals surface area contributed by atoms with Gasteiger partial charge in [0.2, 0.25) is 0 Å². The van der Waals surface area contributed by atoms with E-state index in [4.69, 9.17) is 34.8 Å². The number of aliphatic hydroxyl groups excluding tert-OH is 1. The van der Waals surface area contributed by atoms with Crippen molar-refractivity contribution in [3.63, 3.8) is 0 Å². The van der Waals surface area contributed by atoms with E-state index >= 15 is 0 Å². The van der Waals surface area contributed by atoms with Crippen LogP contribution in [0.2, 0.25) is 15.1 Å². The smallest absolute Gasteiger partial charge is 0.0621 e. The molecule has 0 aliphatic carbocycles. The van der Waals surface area contributed by atoms with Crippen LogP contribution in [-0.4, -0.2) is 11.2 Å². The number of aliphatic hydroxyl groups is 1. The highest BCUT2D eigenvalue weighted by atomic mass is 35.5. The van der Waals surface area contributed by atoms with Gasteiger partial charge in [-0.2, -0.15) is 0 Å². The molecule has 0 saturated heterocycles. The molecule has 20 heavy (non-hydrogen) atoms. The Kier molecular flexibility index (Phi) is 5.34. The average molecular weight is 330 g/mol. The van der Waals surface area contributed by atoms with Crippen LogP contribution in [0.25, 0.3) is 0 Å². The van der Waals surface area contributed by atoms with Gasteiger partial charge in [0.25, 0.3) is 0 Å². The summed E-state index contributed by atoms with van der Waals surface area (Å²) in [5, 5.41) is 11.9. The summed E-state index contributed by atoms with van der Waals surface area (Å²) in [5.74, 6) is 0. The Hall–Kier alpha value is -0.730. The van der Waals surface area contributed by atoms with Crippen LogP contribution in [0.15, 0.2) is 36.4 Å². The Bertz CT molecular complexity index is 611. The van der Waals surface area contributed by atoms with Gasteiger partial charge in [-0.05, 0) is 48.2 Å².